The fraction of sp³-hybridized carbons (Fsp3) is 0.531. The summed E-state index contributed by atoms with van der Waals surface area (Å²) in [6, 6.07) is 5.14. The molecule has 4 N–H and O–H groups in total. The molecule has 2 aromatic heterocycles. The number of nitrogens with zero attached hydrogens (tertiary/aromatic N) is 4. The summed E-state index contributed by atoms with van der Waals surface area (Å²) in [5.74, 6) is -2.49. The van der Waals surface area contributed by atoms with Gasteiger partial charge in [-0.05, 0) is 54.4 Å². The van der Waals surface area contributed by atoms with Crippen LogP contribution in [0.1, 0.15) is 76.9 Å². The molecule has 3 aromatic rings. The molecular weight excluding hydrogens is 617 g/mol. The second kappa shape index (κ2) is 14.9. The number of anilines is 2. The molecule has 0 saturated carbocycles. The van der Waals surface area contributed by atoms with Crippen molar-refractivity contribution in [1.82, 2.24) is 30.6 Å². The van der Waals surface area contributed by atoms with Gasteiger partial charge in [-0.1, -0.05) is 41.5 Å². The Bertz CT molecular complexity index is 1640. The van der Waals surface area contributed by atoms with Crippen LogP contribution in [0.5, 0.6) is 0 Å². The van der Waals surface area contributed by atoms with Gasteiger partial charge in [0.2, 0.25) is 11.9 Å². The van der Waals surface area contributed by atoms with Crippen LogP contribution in [0, 0.1) is 16.7 Å². The summed E-state index contributed by atoms with van der Waals surface area (Å²) >= 11 is 0. The molecule has 3 rings (SSSR count). The summed E-state index contributed by atoms with van der Waals surface area (Å²) < 4.78 is 40.7. The van der Waals surface area contributed by atoms with Crippen LogP contribution in [-0.4, -0.2) is 64.0 Å². The highest BCUT2D eigenvalue weighted by Crippen LogP contribution is 2.36. The van der Waals surface area contributed by atoms with Crippen molar-refractivity contribution in [2.45, 2.75) is 73.5 Å². The predicted octanol–water partition coefficient (Wildman–Crippen LogP) is 4.58. The Labute approximate surface area is 271 Å². The molecule has 3 amide bonds. The van der Waals surface area contributed by atoms with Gasteiger partial charge in [-0.2, -0.15) is 18.2 Å². The molecule has 0 aliphatic heterocycles. The molecule has 0 aliphatic rings. The molecule has 256 valence electrons. The highest BCUT2D eigenvalue weighted by Gasteiger charge is 2.43. The third kappa shape index (κ3) is 10.5. The summed E-state index contributed by atoms with van der Waals surface area (Å²) in [4.78, 5) is 64.6. The van der Waals surface area contributed by atoms with E-state index in [0.717, 1.165) is 19.0 Å². The SMILES string of the molecule is CNc1nc2ncc(CN(C(=O)C(F)(F)F)c3ccc(C(=O)NCCCC(C)(C)CC(C)(C)CNC(=O)C(C)C)cc3)nc2c(=O)[nH]1. The first-order valence-corrected chi connectivity index (χ1v) is 15.3. The molecule has 0 radical (unpaired) electrons. The largest absolute Gasteiger partial charge is 0.471 e. The van der Waals surface area contributed by atoms with Gasteiger partial charge in [0.25, 0.3) is 11.5 Å². The van der Waals surface area contributed by atoms with Gasteiger partial charge < -0.3 is 16.0 Å². The van der Waals surface area contributed by atoms with Crippen LogP contribution in [0.4, 0.5) is 24.8 Å². The Kier molecular flexibility index (Phi) is 11.7. The lowest BCUT2D eigenvalue weighted by Crippen LogP contribution is -2.41. The second-order valence-corrected chi connectivity index (χ2v) is 13.4. The van der Waals surface area contributed by atoms with Crippen LogP contribution in [0.2, 0.25) is 0 Å². The molecule has 0 saturated heterocycles. The van der Waals surface area contributed by atoms with Gasteiger partial charge in [-0.25, -0.2) is 9.97 Å². The average molecular weight is 661 g/mol. The minimum atomic E-state index is -5.20. The molecule has 0 unspecified atom stereocenters. The molecule has 0 atom stereocenters. The lowest BCUT2D eigenvalue weighted by Gasteiger charge is -2.35. The van der Waals surface area contributed by atoms with Crippen molar-refractivity contribution >= 4 is 40.5 Å². The zero-order valence-corrected chi connectivity index (χ0v) is 27.8. The van der Waals surface area contributed by atoms with Crippen molar-refractivity contribution < 1.29 is 27.6 Å². The first-order chi connectivity index (χ1) is 21.8. The van der Waals surface area contributed by atoms with Crippen LogP contribution in [0.3, 0.4) is 0 Å². The molecule has 0 fully saturated rings. The first-order valence-electron chi connectivity index (χ1n) is 15.3. The van der Waals surface area contributed by atoms with E-state index in [0.29, 0.717) is 24.4 Å². The zero-order valence-electron chi connectivity index (χ0n) is 27.8. The van der Waals surface area contributed by atoms with Gasteiger partial charge in [-0.15, -0.1) is 0 Å². The van der Waals surface area contributed by atoms with E-state index in [4.69, 9.17) is 0 Å². The van der Waals surface area contributed by atoms with Crippen molar-refractivity contribution in [3.8, 4) is 0 Å². The van der Waals surface area contributed by atoms with E-state index in [-0.39, 0.29) is 56.7 Å². The van der Waals surface area contributed by atoms with Gasteiger partial charge in [0.1, 0.15) is 0 Å². The van der Waals surface area contributed by atoms with Crippen LogP contribution in [0.15, 0.2) is 35.3 Å². The van der Waals surface area contributed by atoms with E-state index >= 15 is 0 Å². The fourth-order valence-corrected chi connectivity index (χ4v) is 5.38. The molecule has 12 nitrogen and oxygen atoms in total. The molecule has 15 heteroatoms. The highest BCUT2D eigenvalue weighted by atomic mass is 19.4. The number of hydrogen-bond donors (Lipinski definition) is 4. The number of rotatable bonds is 14. The van der Waals surface area contributed by atoms with Gasteiger partial charge in [0, 0.05) is 37.3 Å². The average Bonchev–Trinajstić information content (AvgIpc) is 2.99. The van der Waals surface area contributed by atoms with E-state index in [1.54, 1.807) is 0 Å². The van der Waals surface area contributed by atoms with Crippen molar-refractivity contribution in [2.24, 2.45) is 16.7 Å². The smallest absolute Gasteiger partial charge is 0.359 e. The monoisotopic (exact) mass is 660 g/mol. The summed E-state index contributed by atoms with van der Waals surface area (Å²) in [7, 11) is 1.53. The van der Waals surface area contributed by atoms with Crippen LogP contribution < -0.4 is 26.4 Å². The fourth-order valence-electron chi connectivity index (χ4n) is 5.38. The van der Waals surface area contributed by atoms with Crippen molar-refractivity contribution in [3.05, 3.63) is 52.1 Å². The van der Waals surface area contributed by atoms with Gasteiger partial charge in [-0.3, -0.25) is 29.1 Å². The lowest BCUT2D eigenvalue weighted by atomic mass is 9.72. The number of aromatic nitrogens is 4. The maximum atomic E-state index is 13.6. The number of aromatic amines is 1. The van der Waals surface area contributed by atoms with E-state index < -0.39 is 30.1 Å². The number of hydrogen-bond acceptors (Lipinski definition) is 8. The summed E-state index contributed by atoms with van der Waals surface area (Å²) in [5, 5.41) is 8.49. The Morgan fingerprint density at radius 3 is 2.23 bits per heavy atom. The summed E-state index contributed by atoms with van der Waals surface area (Å²) in [6.45, 7) is 12.5. The minimum Gasteiger partial charge on any atom is -0.359 e. The van der Waals surface area contributed by atoms with Gasteiger partial charge in [0.15, 0.2) is 11.2 Å². The number of H-pyrrole nitrogens is 1. The molecule has 0 bridgehead atoms. The van der Waals surface area contributed by atoms with E-state index in [2.05, 4.69) is 63.6 Å². The third-order valence-corrected chi connectivity index (χ3v) is 7.49. The molecule has 1 aromatic carbocycles. The standard InChI is InChI=1S/C32H43F3N8O4/c1-19(2)25(44)39-18-31(5,6)17-30(3,4)13-8-14-37-26(45)20-9-11-22(12-10-20)43(28(47)32(33,34)35)16-21-15-38-24-23(40-21)27(46)42-29(36-7)41-24/h9-12,15,19H,8,13-14,16-18H2,1-7H3,(H,37,45)(H,39,44)(H2,36,38,41,42,46). The predicted molar refractivity (Wildman–Crippen MR) is 173 cm³/mol. The van der Waals surface area contributed by atoms with E-state index in [1.807, 2.05) is 13.8 Å². The number of halogens is 3. The Morgan fingerprint density at radius 2 is 1.64 bits per heavy atom. The van der Waals surface area contributed by atoms with Crippen molar-refractivity contribution in [2.75, 3.05) is 30.4 Å². The summed E-state index contributed by atoms with van der Waals surface area (Å²) in [5.41, 5.74) is -1.05. The first kappa shape index (κ1) is 36.9. The number of nitrogens with one attached hydrogen (secondary N) is 4. The van der Waals surface area contributed by atoms with Crippen LogP contribution >= 0.6 is 0 Å². The molecular formula is C32H43F3N8O4. The van der Waals surface area contributed by atoms with Crippen LogP contribution in [-0.2, 0) is 16.1 Å². The second-order valence-electron chi connectivity index (χ2n) is 13.4. The lowest BCUT2D eigenvalue weighted by molar-refractivity contribution is -0.170. The minimum absolute atomic E-state index is 0.0182. The van der Waals surface area contributed by atoms with Crippen LogP contribution in [0.25, 0.3) is 11.2 Å². The highest BCUT2D eigenvalue weighted by molar-refractivity contribution is 5.98. The topological polar surface area (TPSA) is 162 Å². The zero-order chi connectivity index (χ0) is 35.2. The number of benzene rings is 1. The number of alkyl halides is 3. The number of fused-ring (bicyclic) bond motifs is 1. The number of carbonyl (C=O) groups is 3. The van der Waals surface area contributed by atoms with Crippen molar-refractivity contribution in [1.29, 1.82) is 0 Å². The maximum absolute atomic E-state index is 13.6. The normalized spacial score (nSPS) is 12.2. The van der Waals surface area contributed by atoms with E-state index in [9.17, 15) is 32.3 Å². The third-order valence-electron chi connectivity index (χ3n) is 7.49. The summed E-state index contributed by atoms with van der Waals surface area (Å²) in [6.07, 6.45) is -1.69. The quantitative estimate of drug-likeness (QED) is 0.183. The van der Waals surface area contributed by atoms with Gasteiger partial charge in [0.05, 0.1) is 18.4 Å². The van der Waals surface area contributed by atoms with Gasteiger partial charge >= 0.3 is 12.1 Å². The Hall–Kier alpha value is -4.56. The van der Waals surface area contributed by atoms with E-state index in [1.165, 1.54) is 31.3 Å². The Balaban J connectivity index is 1.64. The molecule has 2 heterocycles. The Morgan fingerprint density at radius 1 is 0.979 bits per heavy atom. The number of carbonyl (C=O) groups excluding carboxylic acids is 3. The number of amides is 3. The molecule has 0 spiro atoms. The molecule has 47 heavy (non-hydrogen) atoms. The van der Waals surface area contributed by atoms with Crippen molar-refractivity contribution in [3.63, 3.8) is 0 Å². The molecule has 0 aliphatic carbocycles. The maximum Gasteiger partial charge on any atom is 0.471 e.